The maximum absolute atomic E-state index is 11.9. The zero-order valence-corrected chi connectivity index (χ0v) is 15.1. The third kappa shape index (κ3) is 4.28. The van der Waals surface area contributed by atoms with E-state index in [0.29, 0.717) is 16.0 Å². The molecule has 0 spiro atoms. The van der Waals surface area contributed by atoms with Crippen LogP contribution in [0, 0.1) is 0 Å². The molecule has 1 amide bonds. The number of hydrogen-bond acceptors (Lipinski definition) is 5. The van der Waals surface area contributed by atoms with Crippen LogP contribution in [0.2, 0.25) is 5.02 Å². The maximum Gasteiger partial charge on any atom is 0.279 e. The van der Waals surface area contributed by atoms with Crippen molar-refractivity contribution in [3.05, 3.63) is 53.1 Å². The van der Waals surface area contributed by atoms with Crippen molar-refractivity contribution in [3.63, 3.8) is 0 Å². The molecule has 1 atom stereocenters. The van der Waals surface area contributed by atoms with Crippen LogP contribution in [0.1, 0.15) is 18.4 Å². The van der Waals surface area contributed by atoms with E-state index in [2.05, 4.69) is 10.3 Å². The van der Waals surface area contributed by atoms with Gasteiger partial charge in [-0.05, 0) is 42.8 Å². The number of aliphatic hydroxyl groups excluding tert-OH is 1. The number of hydrogen-bond donors (Lipinski definition) is 2. The molecule has 0 aliphatic carbocycles. The van der Waals surface area contributed by atoms with Crippen molar-refractivity contribution in [2.24, 2.45) is 0 Å². The number of carbonyl (C=O) groups excluding carboxylic acids is 1. The minimum atomic E-state index is -0.301. The van der Waals surface area contributed by atoms with Gasteiger partial charge in [0.15, 0.2) is 0 Å². The Kier molecular flexibility index (Phi) is 5.53. The lowest BCUT2D eigenvalue weighted by Crippen LogP contribution is -2.30. The summed E-state index contributed by atoms with van der Waals surface area (Å²) in [6, 6.07) is 12.8. The van der Waals surface area contributed by atoms with Crippen LogP contribution in [0.25, 0.3) is 10.2 Å². The molecule has 0 radical (unpaired) electrons. The first-order valence-electron chi connectivity index (χ1n) is 7.79. The van der Waals surface area contributed by atoms with E-state index in [1.165, 1.54) is 11.3 Å². The molecule has 0 fully saturated rings. The number of benzene rings is 2. The molecule has 0 aliphatic heterocycles. The molecule has 3 rings (SSSR count). The molecule has 0 saturated heterocycles. The van der Waals surface area contributed by atoms with E-state index in [0.717, 1.165) is 15.8 Å². The largest absolute Gasteiger partial charge is 0.431 e. The van der Waals surface area contributed by atoms with Crippen LogP contribution in [0.5, 0.6) is 10.9 Å². The predicted octanol–water partition coefficient (Wildman–Crippen LogP) is 3.95. The van der Waals surface area contributed by atoms with Crippen molar-refractivity contribution in [2.45, 2.75) is 12.8 Å². The molecule has 130 valence electrons. The van der Waals surface area contributed by atoms with Crippen LogP contribution in [0.4, 0.5) is 0 Å². The second-order valence-corrected chi connectivity index (χ2v) is 6.93. The van der Waals surface area contributed by atoms with Gasteiger partial charge in [0.1, 0.15) is 5.75 Å². The molecule has 0 saturated carbocycles. The first-order chi connectivity index (χ1) is 12.1. The lowest BCUT2D eigenvalue weighted by atomic mass is 10.0. The van der Waals surface area contributed by atoms with E-state index in [9.17, 15) is 4.79 Å². The lowest BCUT2D eigenvalue weighted by Gasteiger charge is -2.12. The fourth-order valence-corrected chi connectivity index (χ4v) is 3.44. The quantitative estimate of drug-likeness (QED) is 0.683. The monoisotopic (exact) mass is 376 g/mol. The first-order valence-corrected chi connectivity index (χ1v) is 8.99. The number of nitrogens with one attached hydrogen (secondary N) is 1. The Bertz CT molecular complexity index is 880. The molecule has 1 heterocycles. The van der Waals surface area contributed by atoms with Crippen LogP contribution in [-0.2, 0) is 4.79 Å². The Labute approximate surface area is 154 Å². The molecule has 1 aromatic heterocycles. The van der Waals surface area contributed by atoms with E-state index in [1.807, 2.05) is 43.3 Å². The minimum absolute atomic E-state index is 0.0708. The standard InChI is InChI=1S/C18H17ClN2O3S/c1-11(17(23)20-8-9-22)12-2-5-14(6-3-12)24-18-21-15-7-4-13(19)10-16(15)25-18/h2-7,10-11,22H,8-9H2,1H3,(H,20,23). The van der Waals surface area contributed by atoms with Gasteiger partial charge in [0, 0.05) is 11.6 Å². The third-order valence-electron chi connectivity index (χ3n) is 3.72. The summed E-state index contributed by atoms with van der Waals surface area (Å²) >= 11 is 7.41. The van der Waals surface area contributed by atoms with Gasteiger partial charge in [0.2, 0.25) is 5.91 Å². The number of carbonyl (C=O) groups is 1. The minimum Gasteiger partial charge on any atom is -0.431 e. The molecule has 7 heteroatoms. The van der Waals surface area contributed by atoms with Gasteiger partial charge in [-0.1, -0.05) is 35.1 Å². The van der Waals surface area contributed by atoms with Crippen molar-refractivity contribution in [1.82, 2.24) is 10.3 Å². The zero-order chi connectivity index (χ0) is 17.8. The molecule has 2 N–H and O–H groups in total. The topological polar surface area (TPSA) is 71.5 Å². The van der Waals surface area contributed by atoms with Crippen LogP contribution in [0.3, 0.4) is 0 Å². The van der Waals surface area contributed by atoms with Gasteiger partial charge in [0.25, 0.3) is 5.19 Å². The smallest absolute Gasteiger partial charge is 0.279 e. The summed E-state index contributed by atoms with van der Waals surface area (Å²) in [4.78, 5) is 16.4. The Morgan fingerprint density at radius 2 is 2.08 bits per heavy atom. The molecule has 25 heavy (non-hydrogen) atoms. The third-order valence-corrected chi connectivity index (χ3v) is 4.85. The van der Waals surface area contributed by atoms with Crippen molar-refractivity contribution in [1.29, 1.82) is 0 Å². The summed E-state index contributed by atoms with van der Waals surface area (Å²) in [5.41, 5.74) is 1.72. The molecule has 0 aliphatic rings. The van der Waals surface area contributed by atoms with Gasteiger partial charge in [-0.2, -0.15) is 0 Å². The number of nitrogens with zero attached hydrogens (tertiary/aromatic N) is 1. The number of ether oxygens (including phenoxy) is 1. The average Bonchev–Trinajstić information content (AvgIpc) is 3.01. The van der Waals surface area contributed by atoms with Gasteiger partial charge in [-0.15, -0.1) is 0 Å². The highest BCUT2D eigenvalue weighted by Crippen LogP contribution is 2.33. The van der Waals surface area contributed by atoms with E-state index in [4.69, 9.17) is 21.4 Å². The Morgan fingerprint density at radius 3 is 2.80 bits per heavy atom. The molecule has 0 bridgehead atoms. The lowest BCUT2D eigenvalue weighted by molar-refractivity contribution is -0.122. The fraction of sp³-hybridized carbons (Fsp3) is 0.222. The number of amides is 1. The predicted molar refractivity (Wildman–Crippen MR) is 99.7 cm³/mol. The maximum atomic E-state index is 11.9. The molecule has 3 aromatic rings. The number of aromatic nitrogens is 1. The van der Waals surface area contributed by atoms with Gasteiger partial charge < -0.3 is 15.2 Å². The average molecular weight is 377 g/mol. The normalized spacial score (nSPS) is 12.1. The highest BCUT2D eigenvalue weighted by Gasteiger charge is 2.15. The number of fused-ring (bicyclic) bond motifs is 1. The molecule has 2 aromatic carbocycles. The van der Waals surface area contributed by atoms with Crippen molar-refractivity contribution >= 4 is 39.1 Å². The fourth-order valence-electron chi connectivity index (χ4n) is 2.33. The molecule has 1 unspecified atom stereocenters. The van der Waals surface area contributed by atoms with Gasteiger partial charge in [-0.25, -0.2) is 4.98 Å². The summed E-state index contributed by atoms with van der Waals surface area (Å²) in [7, 11) is 0. The van der Waals surface area contributed by atoms with Gasteiger partial charge in [0.05, 0.1) is 22.7 Å². The van der Waals surface area contributed by atoms with Gasteiger partial charge in [-0.3, -0.25) is 4.79 Å². The summed E-state index contributed by atoms with van der Waals surface area (Å²) in [6.07, 6.45) is 0. The Balaban J connectivity index is 1.70. The molecular formula is C18H17ClN2O3S. The van der Waals surface area contributed by atoms with Crippen LogP contribution >= 0.6 is 22.9 Å². The Morgan fingerprint density at radius 1 is 1.32 bits per heavy atom. The summed E-state index contributed by atoms with van der Waals surface area (Å²) < 4.78 is 6.76. The zero-order valence-electron chi connectivity index (χ0n) is 13.5. The van der Waals surface area contributed by atoms with E-state index < -0.39 is 0 Å². The summed E-state index contributed by atoms with van der Waals surface area (Å²) in [6.45, 7) is 2.00. The molecule has 5 nitrogen and oxygen atoms in total. The highest BCUT2D eigenvalue weighted by atomic mass is 35.5. The number of thiazole rings is 1. The van der Waals surface area contributed by atoms with Crippen molar-refractivity contribution in [2.75, 3.05) is 13.2 Å². The van der Waals surface area contributed by atoms with Crippen LogP contribution < -0.4 is 10.1 Å². The number of rotatable bonds is 6. The highest BCUT2D eigenvalue weighted by molar-refractivity contribution is 7.20. The second kappa shape index (κ2) is 7.82. The van der Waals surface area contributed by atoms with Crippen LogP contribution in [-0.4, -0.2) is 29.1 Å². The summed E-state index contributed by atoms with van der Waals surface area (Å²) in [5, 5.41) is 12.6. The van der Waals surface area contributed by atoms with E-state index >= 15 is 0 Å². The second-order valence-electron chi connectivity index (χ2n) is 5.50. The van der Waals surface area contributed by atoms with Crippen molar-refractivity contribution in [3.8, 4) is 10.9 Å². The summed E-state index contributed by atoms with van der Waals surface area (Å²) in [5.74, 6) is 0.229. The van der Waals surface area contributed by atoms with Gasteiger partial charge >= 0.3 is 0 Å². The number of aliphatic hydroxyl groups is 1. The molecular weight excluding hydrogens is 360 g/mol. The Hall–Kier alpha value is -2.15. The van der Waals surface area contributed by atoms with Crippen LogP contribution in [0.15, 0.2) is 42.5 Å². The van der Waals surface area contributed by atoms with E-state index in [-0.39, 0.29) is 25.0 Å². The van der Waals surface area contributed by atoms with E-state index in [1.54, 1.807) is 6.07 Å². The SMILES string of the molecule is CC(C(=O)NCCO)c1ccc(Oc2nc3ccc(Cl)cc3s2)cc1. The van der Waals surface area contributed by atoms with Crippen molar-refractivity contribution < 1.29 is 14.6 Å². The number of halogens is 1. The first kappa shape index (κ1) is 17.7.